The molecule has 0 saturated heterocycles. The monoisotopic (exact) mass is 446 g/mol. The maximum Gasteiger partial charge on any atom is 0.257 e. The van der Waals surface area contributed by atoms with E-state index in [0.29, 0.717) is 30.4 Å². The van der Waals surface area contributed by atoms with Crippen LogP contribution in [-0.4, -0.2) is 67.8 Å². The maximum atomic E-state index is 13.0. The van der Waals surface area contributed by atoms with Crippen LogP contribution in [-0.2, 0) is 14.3 Å². The highest BCUT2D eigenvalue weighted by Crippen LogP contribution is 2.33. The van der Waals surface area contributed by atoms with Crippen molar-refractivity contribution in [3.8, 4) is 0 Å². The quantitative estimate of drug-likeness (QED) is 0.567. The molecule has 31 heavy (non-hydrogen) atoms. The fourth-order valence-electron chi connectivity index (χ4n) is 3.36. The molecule has 2 aromatic rings. The van der Waals surface area contributed by atoms with Crippen molar-refractivity contribution in [1.29, 1.82) is 0 Å². The molecule has 0 spiro atoms. The van der Waals surface area contributed by atoms with Gasteiger partial charge < -0.3 is 14.5 Å². The third kappa shape index (κ3) is 6.40. The summed E-state index contributed by atoms with van der Waals surface area (Å²) in [7, 11) is 3.35. The van der Waals surface area contributed by atoms with E-state index in [1.165, 1.54) is 5.01 Å². The van der Waals surface area contributed by atoms with Gasteiger partial charge in [0.25, 0.3) is 5.91 Å². The Morgan fingerprint density at radius 3 is 2.74 bits per heavy atom. The van der Waals surface area contributed by atoms with Gasteiger partial charge in [0.15, 0.2) is 0 Å². The van der Waals surface area contributed by atoms with Crippen LogP contribution in [0.2, 0.25) is 5.02 Å². The summed E-state index contributed by atoms with van der Waals surface area (Å²) in [4.78, 5) is 26.8. The fourth-order valence-corrected chi connectivity index (χ4v) is 3.49. The normalized spacial score (nSPS) is 15.9. The highest BCUT2D eigenvalue weighted by molar-refractivity contribution is 6.30. The summed E-state index contributed by atoms with van der Waals surface area (Å²) < 4.78 is 10.5. The summed E-state index contributed by atoms with van der Waals surface area (Å²) in [6, 6.07) is 10.7. The van der Waals surface area contributed by atoms with Gasteiger partial charge in [-0.3, -0.25) is 14.5 Å². The zero-order chi connectivity index (χ0) is 22.2. The number of likely N-dealkylation sites (N-methyl/N-ethyl adjacent to an activating group) is 1. The zero-order valence-corrected chi connectivity index (χ0v) is 18.5. The Balaban J connectivity index is 1.64. The molecule has 1 N–H and O–H groups in total. The van der Waals surface area contributed by atoms with E-state index in [4.69, 9.17) is 20.8 Å². The molecule has 0 aliphatic carbocycles. The smallest absolute Gasteiger partial charge is 0.257 e. The van der Waals surface area contributed by atoms with Crippen molar-refractivity contribution in [1.82, 2.24) is 15.2 Å². The van der Waals surface area contributed by atoms with E-state index in [1.54, 1.807) is 43.5 Å². The molecule has 1 atom stereocenters. The lowest BCUT2D eigenvalue weighted by atomic mass is 10.0. The Bertz CT molecular complexity index is 899. The van der Waals surface area contributed by atoms with Gasteiger partial charge in [0, 0.05) is 31.7 Å². The highest BCUT2D eigenvalue weighted by atomic mass is 35.5. The van der Waals surface area contributed by atoms with Crippen molar-refractivity contribution in [2.24, 2.45) is 5.10 Å². The van der Waals surface area contributed by atoms with Gasteiger partial charge in [-0.1, -0.05) is 23.7 Å². The Morgan fingerprint density at radius 1 is 1.29 bits per heavy atom. The average molecular weight is 447 g/mol. The van der Waals surface area contributed by atoms with E-state index >= 15 is 0 Å². The molecule has 2 amide bonds. The van der Waals surface area contributed by atoms with Crippen molar-refractivity contribution in [3.05, 3.63) is 59.0 Å². The second kappa shape index (κ2) is 11.1. The first-order valence-corrected chi connectivity index (χ1v) is 10.5. The standard InChI is InChI=1S/C22H27ClN4O4/c1-26(14-21(28)24-10-4-11-30-2)15-22(29)27-19(20-5-3-12-31-20)13-18(25-27)16-6-8-17(23)9-7-16/h3,5-9,12,19H,4,10-11,13-15H2,1-2H3,(H,24,28). The van der Waals surface area contributed by atoms with Crippen LogP contribution in [0, 0.1) is 0 Å². The first-order chi connectivity index (χ1) is 15.0. The predicted molar refractivity (Wildman–Crippen MR) is 118 cm³/mol. The summed E-state index contributed by atoms with van der Waals surface area (Å²) in [6.45, 7) is 1.30. The zero-order valence-electron chi connectivity index (χ0n) is 17.7. The van der Waals surface area contributed by atoms with Gasteiger partial charge in [-0.05, 0) is 43.3 Å². The Labute approximate surface area is 186 Å². The number of hydrogen-bond acceptors (Lipinski definition) is 6. The van der Waals surface area contributed by atoms with E-state index in [0.717, 1.165) is 17.7 Å². The molecule has 3 rings (SSSR count). The largest absolute Gasteiger partial charge is 0.467 e. The summed E-state index contributed by atoms with van der Waals surface area (Å²) in [5.41, 5.74) is 1.69. The van der Waals surface area contributed by atoms with Gasteiger partial charge in [-0.25, -0.2) is 5.01 Å². The average Bonchev–Trinajstić information content (AvgIpc) is 3.41. The lowest BCUT2D eigenvalue weighted by molar-refractivity contribution is -0.134. The van der Waals surface area contributed by atoms with E-state index in [9.17, 15) is 9.59 Å². The number of nitrogens with zero attached hydrogens (tertiary/aromatic N) is 3. The molecule has 0 fully saturated rings. The molecular formula is C22H27ClN4O4. The lowest BCUT2D eigenvalue weighted by Crippen LogP contribution is -2.41. The molecule has 2 heterocycles. The number of carbonyl (C=O) groups is 2. The van der Waals surface area contributed by atoms with Crippen LogP contribution in [0.25, 0.3) is 0 Å². The number of hydrogen-bond donors (Lipinski definition) is 1. The summed E-state index contributed by atoms with van der Waals surface area (Å²) in [5.74, 6) is 0.320. The van der Waals surface area contributed by atoms with Crippen molar-refractivity contribution < 1.29 is 18.7 Å². The molecular weight excluding hydrogens is 420 g/mol. The summed E-state index contributed by atoms with van der Waals surface area (Å²) >= 11 is 5.99. The Kier molecular flexibility index (Phi) is 8.22. The minimum atomic E-state index is -0.329. The number of carbonyl (C=O) groups excluding carboxylic acids is 2. The molecule has 1 aliphatic rings. The number of methoxy groups -OCH3 is 1. The fraction of sp³-hybridized carbons (Fsp3) is 0.409. The van der Waals surface area contributed by atoms with E-state index < -0.39 is 0 Å². The molecule has 0 saturated carbocycles. The minimum absolute atomic E-state index is 0.0557. The highest BCUT2D eigenvalue weighted by Gasteiger charge is 2.35. The van der Waals surface area contributed by atoms with Crippen LogP contribution >= 0.6 is 11.6 Å². The molecule has 0 bridgehead atoms. The minimum Gasteiger partial charge on any atom is -0.467 e. The van der Waals surface area contributed by atoms with Gasteiger partial charge >= 0.3 is 0 Å². The van der Waals surface area contributed by atoms with Gasteiger partial charge in [0.05, 0.1) is 25.1 Å². The second-order valence-corrected chi connectivity index (χ2v) is 7.83. The predicted octanol–water partition coefficient (Wildman–Crippen LogP) is 2.70. The number of nitrogens with one attached hydrogen (secondary N) is 1. The SMILES string of the molecule is COCCCNC(=O)CN(C)CC(=O)N1N=C(c2ccc(Cl)cc2)CC1c1ccco1. The van der Waals surface area contributed by atoms with Gasteiger partial charge in [-0.15, -0.1) is 0 Å². The second-order valence-electron chi connectivity index (χ2n) is 7.40. The molecule has 1 aromatic heterocycles. The van der Waals surface area contributed by atoms with E-state index in [-0.39, 0.29) is 30.9 Å². The number of amides is 2. The number of hydrazone groups is 1. The van der Waals surface area contributed by atoms with Crippen LogP contribution in [0.4, 0.5) is 0 Å². The van der Waals surface area contributed by atoms with Gasteiger partial charge in [0.2, 0.25) is 5.91 Å². The molecule has 0 radical (unpaired) electrons. The van der Waals surface area contributed by atoms with E-state index in [2.05, 4.69) is 10.4 Å². The Morgan fingerprint density at radius 2 is 2.06 bits per heavy atom. The topological polar surface area (TPSA) is 87.4 Å². The van der Waals surface area contributed by atoms with Crippen LogP contribution < -0.4 is 5.32 Å². The number of furan rings is 1. The Hall–Kier alpha value is -2.68. The van der Waals surface area contributed by atoms with Crippen molar-refractivity contribution in [3.63, 3.8) is 0 Å². The maximum absolute atomic E-state index is 13.0. The molecule has 1 unspecified atom stereocenters. The molecule has 166 valence electrons. The third-order valence-electron chi connectivity index (χ3n) is 4.88. The van der Waals surface area contributed by atoms with Crippen LogP contribution in [0.1, 0.15) is 30.2 Å². The van der Waals surface area contributed by atoms with Gasteiger partial charge in [-0.2, -0.15) is 5.10 Å². The van der Waals surface area contributed by atoms with Crippen molar-refractivity contribution >= 4 is 29.1 Å². The first kappa shape index (κ1) is 23.0. The lowest BCUT2D eigenvalue weighted by Gasteiger charge is -2.23. The summed E-state index contributed by atoms with van der Waals surface area (Å²) in [5, 5.41) is 9.49. The third-order valence-corrected chi connectivity index (χ3v) is 5.13. The molecule has 1 aliphatic heterocycles. The van der Waals surface area contributed by atoms with Crippen LogP contribution in [0.3, 0.4) is 0 Å². The van der Waals surface area contributed by atoms with E-state index in [1.807, 2.05) is 18.2 Å². The number of halogens is 1. The van der Waals surface area contributed by atoms with Crippen LogP contribution in [0.15, 0.2) is 52.2 Å². The molecule has 8 nitrogen and oxygen atoms in total. The number of benzene rings is 1. The summed E-state index contributed by atoms with van der Waals surface area (Å²) in [6.07, 6.45) is 2.86. The molecule has 9 heteroatoms. The van der Waals surface area contributed by atoms with Crippen molar-refractivity contribution in [2.45, 2.75) is 18.9 Å². The first-order valence-electron chi connectivity index (χ1n) is 10.1. The van der Waals surface area contributed by atoms with Crippen LogP contribution in [0.5, 0.6) is 0 Å². The molecule has 1 aromatic carbocycles. The number of ether oxygens (including phenoxy) is 1. The number of rotatable bonds is 10. The van der Waals surface area contributed by atoms with Gasteiger partial charge in [0.1, 0.15) is 11.8 Å². The van der Waals surface area contributed by atoms with Crippen molar-refractivity contribution in [2.75, 3.05) is 40.4 Å².